The van der Waals surface area contributed by atoms with Gasteiger partial charge in [0, 0.05) is 18.2 Å². The smallest absolute Gasteiger partial charge is 0.251 e. The Bertz CT molecular complexity index is 609. The fourth-order valence-corrected chi connectivity index (χ4v) is 3.72. The Morgan fingerprint density at radius 2 is 1.85 bits per heavy atom. The van der Waals surface area contributed by atoms with Crippen molar-refractivity contribution in [1.82, 2.24) is 10.6 Å². The van der Waals surface area contributed by atoms with Crippen molar-refractivity contribution >= 4 is 11.8 Å². The Labute approximate surface area is 157 Å². The van der Waals surface area contributed by atoms with Crippen molar-refractivity contribution in [2.75, 3.05) is 6.54 Å². The molecule has 26 heavy (non-hydrogen) atoms. The fourth-order valence-electron chi connectivity index (χ4n) is 3.72. The first-order chi connectivity index (χ1) is 12.4. The summed E-state index contributed by atoms with van der Waals surface area (Å²) in [5.74, 6) is 0.0815. The van der Waals surface area contributed by atoms with E-state index in [0.29, 0.717) is 18.0 Å². The summed E-state index contributed by atoms with van der Waals surface area (Å²) in [7, 11) is 0. The Kier molecular flexibility index (Phi) is 7.64. The highest BCUT2D eigenvalue weighted by atomic mass is 16.2. The van der Waals surface area contributed by atoms with Gasteiger partial charge in [0.15, 0.2) is 0 Å². The van der Waals surface area contributed by atoms with Crippen LogP contribution >= 0.6 is 0 Å². The number of rotatable bonds is 7. The molecule has 2 amide bonds. The summed E-state index contributed by atoms with van der Waals surface area (Å²) in [6, 6.07) is 6.81. The lowest BCUT2D eigenvalue weighted by atomic mass is 9.83. The lowest BCUT2D eigenvalue weighted by Gasteiger charge is -2.32. The number of carbonyl (C=O) groups is 2. The summed E-state index contributed by atoms with van der Waals surface area (Å²) in [5.41, 5.74) is 7.53. The first kappa shape index (κ1) is 20.4. The number of hydrogen-bond acceptors (Lipinski definition) is 3. The summed E-state index contributed by atoms with van der Waals surface area (Å²) in [5, 5.41) is 6.01. The van der Waals surface area contributed by atoms with Gasteiger partial charge < -0.3 is 16.4 Å². The molecule has 0 spiro atoms. The zero-order valence-electron chi connectivity index (χ0n) is 16.3. The molecule has 5 nitrogen and oxygen atoms in total. The highest BCUT2D eigenvalue weighted by Gasteiger charge is 2.29. The third kappa shape index (κ3) is 5.56. The summed E-state index contributed by atoms with van der Waals surface area (Å²) in [6.07, 6.45) is 5.90. The van der Waals surface area contributed by atoms with Gasteiger partial charge in [-0.2, -0.15) is 0 Å². The van der Waals surface area contributed by atoms with Crippen molar-refractivity contribution in [3.63, 3.8) is 0 Å². The van der Waals surface area contributed by atoms with E-state index in [2.05, 4.69) is 10.6 Å². The quantitative estimate of drug-likeness (QED) is 0.700. The Morgan fingerprint density at radius 3 is 2.42 bits per heavy atom. The average molecular weight is 360 g/mol. The second-order valence-electron chi connectivity index (χ2n) is 7.81. The van der Waals surface area contributed by atoms with Gasteiger partial charge in [0.2, 0.25) is 5.91 Å². The molecule has 1 aromatic rings. The standard InChI is InChI=1S/C21H33N3O2/c1-14(2)19(24-20(25)17-11-7-8-15(3)12-17)21(26)23-18(13-22)16-9-5-4-6-10-16/h7-8,11-12,14,16,18-19H,4-6,9-10,13,22H2,1-3H3,(H,23,26)(H,24,25). The largest absolute Gasteiger partial charge is 0.350 e. The van der Waals surface area contributed by atoms with E-state index in [-0.39, 0.29) is 23.8 Å². The summed E-state index contributed by atoms with van der Waals surface area (Å²) in [4.78, 5) is 25.4. The number of amides is 2. The van der Waals surface area contributed by atoms with Crippen LogP contribution in [-0.4, -0.2) is 30.4 Å². The molecule has 1 aliphatic rings. The van der Waals surface area contributed by atoms with Crippen LogP contribution in [0.25, 0.3) is 0 Å². The van der Waals surface area contributed by atoms with Crippen LogP contribution in [0.15, 0.2) is 24.3 Å². The monoisotopic (exact) mass is 359 g/mol. The normalized spacial score (nSPS) is 17.6. The maximum absolute atomic E-state index is 12.8. The van der Waals surface area contributed by atoms with Crippen LogP contribution in [0.2, 0.25) is 0 Å². The van der Waals surface area contributed by atoms with E-state index in [1.54, 1.807) is 6.07 Å². The van der Waals surface area contributed by atoms with E-state index in [0.717, 1.165) is 18.4 Å². The van der Waals surface area contributed by atoms with Gasteiger partial charge in [-0.05, 0) is 43.7 Å². The van der Waals surface area contributed by atoms with Crippen molar-refractivity contribution in [3.8, 4) is 0 Å². The molecular formula is C21H33N3O2. The minimum Gasteiger partial charge on any atom is -0.350 e. The molecule has 1 fully saturated rings. The molecular weight excluding hydrogens is 326 g/mol. The summed E-state index contributed by atoms with van der Waals surface area (Å²) >= 11 is 0. The Morgan fingerprint density at radius 1 is 1.15 bits per heavy atom. The second kappa shape index (κ2) is 9.72. The molecule has 0 aromatic heterocycles. The summed E-state index contributed by atoms with van der Waals surface area (Å²) < 4.78 is 0. The van der Waals surface area contributed by atoms with Crippen LogP contribution in [0, 0.1) is 18.8 Å². The van der Waals surface area contributed by atoms with Gasteiger partial charge >= 0.3 is 0 Å². The first-order valence-electron chi connectivity index (χ1n) is 9.80. The van der Waals surface area contributed by atoms with Crippen LogP contribution in [-0.2, 0) is 4.79 Å². The van der Waals surface area contributed by atoms with E-state index >= 15 is 0 Å². The molecule has 1 aliphatic carbocycles. The van der Waals surface area contributed by atoms with E-state index in [4.69, 9.17) is 5.73 Å². The molecule has 0 radical (unpaired) electrons. The van der Waals surface area contributed by atoms with Crippen molar-refractivity contribution in [3.05, 3.63) is 35.4 Å². The lowest BCUT2D eigenvalue weighted by molar-refractivity contribution is -0.125. The predicted octanol–water partition coefficient (Wildman–Crippen LogP) is 2.77. The van der Waals surface area contributed by atoms with Crippen molar-refractivity contribution in [2.24, 2.45) is 17.6 Å². The second-order valence-corrected chi connectivity index (χ2v) is 7.81. The predicted molar refractivity (Wildman–Crippen MR) is 105 cm³/mol. The molecule has 2 atom stereocenters. The van der Waals surface area contributed by atoms with E-state index in [1.807, 2.05) is 39.0 Å². The van der Waals surface area contributed by atoms with Crippen LogP contribution in [0.3, 0.4) is 0 Å². The molecule has 0 saturated heterocycles. The number of carbonyl (C=O) groups excluding carboxylic acids is 2. The highest BCUT2D eigenvalue weighted by molar-refractivity contribution is 5.97. The lowest BCUT2D eigenvalue weighted by Crippen LogP contribution is -2.55. The third-order valence-electron chi connectivity index (χ3n) is 5.32. The SMILES string of the molecule is Cc1cccc(C(=O)NC(C(=O)NC(CN)C2CCCCC2)C(C)C)c1. The number of hydrogen-bond donors (Lipinski definition) is 3. The molecule has 0 heterocycles. The third-order valence-corrected chi connectivity index (χ3v) is 5.32. The topological polar surface area (TPSA) is 84.2 Å². The molecule has 2 rings (SSSR count). The van der Waals surface area contributed by atoms with Gasteiger partial charge in [-0.15, -0.1) is 0 Å². The van der Waals surface area contributed by atoms with Gasteiger partial charge in [0.05, 0.1) is 0 Å². The van der Waals surface area contributed by atoms with E-state index in [1.165, 1.54) is 19.3 Å². The van der Waals surface area contributed by atoms with Gasteiger partial charge in [0.1, 0.15) is 6.04 Å². The van der Waals surface area contributed by atoms with Crippen LogP contribution in [0.5, 0.6) is 0 Å². The highest BCUT2D eigenvalue weighted by Crippen LogP contribution is 2.26. The minimum absolute atomic E-state index is 0.00598. The minimum atomic E-state index is -0.569. The van der Waals surface area contributed by atoms with Crippen LogP contribution in [0.1, 0.15) is 61.9 Å². The van der Waals surface area contributed by atoms with Gasteiger partial charge in [0.25, 0.3) is 5.91 Å². The van der Waals surface area contributed by atoms with Gasteiger partial charge in [-0.25, -0.2) is 0 Å². The number of benzene rings is 1. The van der Waals surface area contributed by atoms with Crippen LogP contribution < -0.4 is 16.4 Å². The average Bonchev–Trinajstić information content (AvgIpc) is 2.64. The maximum atomic E-state index is 12.8. The number of nitrogens with two attached hydrogens (primary N) is 1. The molecule has 144 valence electrons. The number of aryl methyl sites for hydroxylation is 1. The molecule has 4 N–H and O–H groups in total. The van der Waals surface area contributed by atoms with Crippen molar-refractivity contribution in [2.45, 2.75) is 65.0 Å². The molecule has 0 aliphatic heterocycles. The Hall–Kier alpha value is -1.88. The molecule has 2 unspecified atom stereocenters. The molecule has 1 saturated carbocycles. The zero-order chi connectivity index (χ0) is 19.1. The van der Waals surface area contributed by atoms with E-state index in [9.17, 15) is 9.59 Å². The van der Waals surface area contributed by atoms with Crippen LogP contribution in [0.4, 0.5) is 0 Å². The fraction of sp³-hybridized carbons (Fsp3) is 0.619. The summed E-state index contributed by atoms with van der Waals surface area (Å²) in [6.45, 7) is 6.27. The first-order valence-corrected chi connectivity index (χ1v) is 9.80. The van der Waals surface area contributed by atoms with Gasteiger partial charge in [-0.3, -0.25) is 9.59 Å². The van der Waals surface area contributed by atoms with Crippen molar-refractivity contribution < 1.29 is 9.59 Å². The number of nitrogens with one attached hydrogen (secondary N) is 2. The Balaban J connectivity index is 2.02. The molecule has 0 bridgehead atoms. The van der Waals surface area contributed by atoms with Crippen molar-refractivity contribution in [1.29, 1.82) is 0 Å². The molecule has 5 heteroatoms. The van der Waals surface area contributed by atoms with Gasteiger partial charge in [-0.1, -0.05) is 50.8 Å². The zero-order valence-corrected chi connectivity index (χ0v) is 16.3. The molecule has 1 aromatic carbocycles. The maximum Gasteiger partial charge on any atom is 0.251 e. The van der Waals surface area contributed by atoms with E-state index < -0.39 is 6.04 Å².